The molecule has 3 heteroatoms. The summed E-state index contributed by atoms with van der Waals surface area (Å²) in [6, 6.07) is 3.76. The van der Waals surface area contributed by atoms with Crippen LogP contribution in [-0.2, 0) is 0 Å². The molecule has 0 aliphatic carbocycles. The molecule has 2 rings (SSSR count). The molecule has 82 valence electrons. The molecular formula is C13H14N2O. The van der Waals surface area contributed by atoms with Gasteiger partial charge in [0.15, 0.2) is 0 Å². The van der Waals surface area contributed by atoms with Gasteiger partial charge in [-0.3, -0.25) is 4.98 Å². The Balaban J connectivity index is 2.31. The Labute approximate surface area is 94.9 Å². The summed E-state index contributed by atoms with van der Waals surface area (Å²) < 4.78 is 5.21. The number of hydrogen-bond acceptors (Lipinski definition) is 3. The van der Waals surface area contributed by atoms with E-state index in [1.54, 1.807) is 6.26 Å². The molecule has 0 unspecified atom stereocenters. The molecule has 0 bridgehead atoms. The molecule has 0 spiro atoms. The van der Waals surface area contributed by atoms with Gasteiger partial charge in [0.1, 0.15) is 5.76 Å². The lowest BCUT2D eigenvalue weighted by Crippen LogP contribution is -1.98. The monoisotopic (exact) mass is 214 g/mol. The summed E-state index contributed by atoms with van der Waals surface area (Å²) in [6.45, 7) is 5.89. The van der Waals surface area contributed by atoms with Crippen molar-refractivity contribution in [2.24, 2.45) is 0 Å². The molecule has 0 fully saturated rings. The largest absolute Gasteiger partial charge is 0.465 e. The van der Waals surface area contributed by atoms with Crippen LogP contribution in [0.5, 0.6) is 0 Å². The minimum absolute atomic E-state index is 0.819. The van der Waals surface area contributed by atoms with E-state index in [-0.39, 0.29) is 0 Å². The van der Waals surface area contributed by atoms with Crippen LogP contribution >= 0.6 is 0 Å². The van der Waals surface area contributed by atoms with Crippen molar-refractivity contribution in [3.8, 4) is 0 Å². The molecular weight excluding hydrogens is 200 g/mol. The van der Waals surface area contributed by atoms with Gasteiger partial charge in [0.05, 0.1) is 29.0 Å². The Kier molecular flexibility index (Phi) is 2.86. The lowest BCUT2D eigenvalue weighted by Gasteiger charge is -2.03. The van der Waals surface area contributed by atoms with Crippen molar-refractivity contribution in [1.82, 2.24) is 9.97 Å². The lowest BCUT2D eigenvalue weighted by molar-refractivity contribution is 0.557. The summed E-state index contributed by atoms with van der Waals surface area (Å²) in [5.74, 6) is 0.819. The predicted octanol–water partition coefficient (Wildman–Crippen LogP) is 3.17. The first-order chi connectivity index (χ1) is 7.66. The Morgan fingerprint density at radius 3 is 2.44 bits per heavy atom. The van der Waals surface area contributed by atoms with Crippen LogP contribution in [0.2, 0.25) is 0 Å². The fourth-order valence-corrected chi connectivity index (χ4v) is 1.44. The Morgan fingerprint density at radius 1 is 1.00 bits per heavy atom. The molecule has 0 aliphatic rings. The maximum Gasteiger partial charge on any atom is 0.126 e. The molecule has 0 amide bonds. The van der Waals surface area contributed by atoms with Crippen LogP contribution in [0.3, 0.4) is 0 Å². The van der Waals surface area contributed by atoms with Crippen molar-refractivity contribution in [2.75, 3.05) is 0 Å². The molecule has 3 nitrogen and oxygen atoms in total. The van der Waals surface area contributed by atoms with E-state index >= 15 is 0 Å². The topological polar surface area (TPSA) is 38.9 Å². The summed E-state index contributed by atoms with van der Waals surface area (Å²) >= 11 is 0. The third-order valence-corrected chi connectivity index (χ3v) is 2.47. The highest BCUT2D eigenvalue weighted by molar-refractivity contribution is 5.66. The molecule has 0 atom stereocenters. The van der Waals surface area contributed by atoms with E-state index in [1.807, 2.05) is 45.1 Å². The van der Waals surface area contributed by atoms with Crippen molar-refractivity contribution in [1.29, 1.82) is 0 Å². The van der Waals surface area contributed by atoms with Gasteiger partial charge in [-0.2, -0.15) is 0 Å². The minimum atomic E-state index is 0.819. The van der Waals surface area contributed by atoms with Gasteiger partial charge in [-0.25, -0.2) is 4.98 Å². The second kappa shape index (κ2) is 4.31. The van der Waals surface area contributed by atoms with Crippen molar-refractivity contribution in [3.63, 3.8) is 0 Å². The normalized spacial score (nSPS) is 11.2. The zero-order chi connectivity index (χ0) is 11.5. The summed E-state index contributed by atoms with van der Waals surface area (Å²) in [5.41, 5.74) is 3.77. The second-order valence-electron chi connectivity index (χ2n) is 3.71. The van der Waals surface area contributed by atoms with Crippen LogP contribution in [0.1, 0.15) is 28.5 Å². The van der Waals surface area contributed by atoms with E-state index in [9.17, 15) is 0 Å². The SMILES string of the molecule is Cc1nc(C)c(/C=C/c2ccco2)nc1C. The highest BCUT2D eigenvalue weighted by Gasteiger charge is 2.02. The van der Waals surface area contributed by atoms with E-state index in [4.69, 9.17) is 4.42 Å². The van der Waals surface area contributed by atoms with E-state index in [0.29, 0.717) is 0 Å². The first kappa shape index (κ1) is 10.6. The highest BCUT2D eigenvalue weighted by Crippen LogP contribution is 2.11. The number of rotatable bonds is 2. The van der Waals surface area contributed by atoms with E-state index in [0.717, 1.165) is 28.5 Å². The van der Waals surface area contributed by atoms with Crippen molar-refractivity contribution >= 4 is 12.2 Å². The molecule has 0 saturated carbocycles. The summed E-state index contributed by atoms with van der Waals surface area (Å²) in [7, 11) is 0. The van der Waals surface area contributed by atoms with E-state index in [1.165, 1.54) is 0 Å². The van der Waals surface area contributed by atoms with Crippen LogP contribution in [0.25, 0.3) is 12.2 Å². The lowest BCUT2D eigenvalue weighted by atomic mass is 10.2. The summed E-state index contributed by atoms with van der Waals surface area (Å²) in [5, 5.41) is 0. The van der Waals surface area contributed by atoms with Crippen molar-refractivity contribution < 1.29 is 4.42 Å². The molecule has 0 N–H and O–H groups in total. The zero-order valence-corrected chi connectivity index (χ0v) is 9.69. The predicted molar refractivity (Wildman–Crippen MR) is 63.9 cm³/mol. The smallest absolute Gasteiger partial charge is 0.126 e. The summed E-state index contributed by atoms with van der Waals surface area (Å²) in [4.78, 5) is 8.91. The zero-order valence-electron chi connectivity index (χ0n) is 9.69. The van der Waals surface area contributed by atoms with Crippen LogP contribution < -0.4 is 0 Å². The first-order valence-corrected chi connectivity index (χ1v) is 5.20. The average molecular weight is 214 g/mol. The molecule has 0 aliphatic heterocycles. The number of nitrogens with zero attached hydrogens (tertiary/aromatic N) is 2. The molecule has 2 aromatic rings. The fraction of sp³-hybridized carbons (Fsp3) is 0.231. The molecule has 2 aromatic heterocycles. The Hall–Kier alpha value is -1.90. The van der Waals surface area contributed by atoms with Gasteiger partial charge in [0.25, 0.3) is 0 Å². The first-order valence-electron chi connectivity index (χ1n) is 5.20. The van der Waals surface area contributed by atoms with Crippen LogP contribution in [-0.4, -0.2) is 9.97 Å². The quantitative estimate of drug-likeness (QED) is 0.770. The Morgan fingerprint density at radius 2 is 1.75 bits per heavy atom. The molecule has 0 radical (unpaired) electrons. The molecule has 0 saturated heterocycles. The van der Waals surface area contributed by atoms with Gasteiger partial charge >= 0.3 is 0 Å². The maximum absolute atomic E-state index is 5.21. The standard InChI is InChI=1S/C13H14N2O/c1-9-10(2)15-13(11(3)14-9)7-6-12-5-4-8-16-12/h4-8H,1-3H3/b7-6+. The highest BCUT2D eigenvalue weighted by atomic mass is 16.3. The van der Waals surface area contributed by atoms with Gasteiger partial charge in [-0.1, -0.05) is 0 Å². The molecule has 2 heterocycles. The second-order valence-corrected chi connectivity index (χ2v) is 3.71. The van der Waals surface area contributed by atoms with Gasteiger partial charge < -0.3 is 4.42 Å². The van der Waals surface area contributed by atoms with E-state index in [2.05, 4.69) is 9.97 Å². The van der Waals surface area contributed by atoms with Crippen molar-refractivity contribution in [3.05, 3.63) is 46.9 Å². The van der Waals surface area contributed by atoms with Crippen LogP contribution in [0.15, 0.2) is 22.8 Å². The number of aromatic nitrogens is 2. The third kappa shape index (κ3) is 2.19. The van der Waals surface area contributed by atoms with Crippen molar-refractivity contribution in [2.45, 2.75) is 20.8 Å². The van der Waals surface area contributed by atoms with Crippen LogP contribution in [0.4, 0.5) is 0 Å². The van der Waals surface area contributed by atoms with Crippen LogP contribution in [0, 0.1) is 20.8 Å². The third-order valence-electron chi connectivity index (χ3n) is 2.47. The fourth-order valence-electron chi connectivity index (χ4n) is 1.44. The van der Waals surface area contributed by atoms with Gasteiger partial charge in [-0.05, 0) is 45.1 Å². The average Bonchev–Trinajstić information content (AvgIpc) is 2.74. The summed E-state index contributed by atoms with van der Waals surface area (Å²) in [6.07, 6.45) is 5.47. The minimum Gasteiger partial charge on any atom is -0.465 e. The van der Waals surface area contributed by atoms with E-state index < -0.39 is 0 Å². The number of furan rings is 1. The number of hydrogen-bond donors (Lipinski definition) is 0. The Bertz CT molecular complexity index is 513. The molecule has 0 aromatic carbocycles. The van der Waals surface area contributed by atoms with Gasteiger partial charge in [0, 0.05) is 0 Å². The van der Waals surface area contributed by atoms with Gasteiger partial charge in [-0.15, -0.1) is 0 Å². The molecule has 16 heavy (non-hydrogen) atoms. The maximum atomic E-state index is 5.21. The number of aryl methyl sites for hydroxylation is 3. The van der Waals surface area contributed by atoms with Gasteiger partial charge in [0.2, 0.25) is 0 Å².